The number of H-pyrrole nitrogens is 1. The van der Waals surface area contributed by atoms with Gasteiger partial charge in [0.05, 0.1) is 34.6 Å². The zero-order chi connectivity index (χ0) is 24.2. The van der Waals surface area contributed by atoms with Crippen LogP contribution in [0.5, 0.6) is 5.75 Å². The highest BCUT2D eigenvalue weighted by Gasteiger charge is 2.15. The van der Waals surface area contributed by atoms with Crippen molar-refractivity contribution in [3.8, 4) is 28.8 Å². The number of ether oxygens (including phenoxy) is 1. The van der Waals surface area contributed by atoms with Gasteiger partial charge >= 0.3 is 0 Å². The Bertz CT molecular complexity index is 1490. The number of aromatic amines is 1. The van der Waals surface area contributed by atoms with Crippen LogP contribution in [0.25, 0.3) is 39.6 Å². The summed E-state index contributed by atoms with van der Waals surface area (Å²) in [6, 6.07) is 27.9. The van der Waals surface area contributed by atoms with E-state index in [0.717, 1.165) is 39.3 Å². The fourth-order valence-corrected chi connectivity index (χ4v) is 3.79. The van der Waals surface area contributed by atoms with Gasteiger partial charge in [0.15, 0.2) is 0 Å². The summed E-state index contributed by atoms with van der Waals surface area (Å²) < 4.78 is 7.67. The lowest BCUT2D eigenvalue weighted by Crippen LogP contribution is -2.04. The zero-order valence-electron chi connectivity index (χ0n) is 19.6. The maximum Gasteiger partial charge on any atom is 0.149 e. The minimum absolute atomic E-state index is 0.437. The monoisotopic (exact) mass is 459 g/mol. The van der Waals surface area contributed by atoms with Gasteiger partial charge in [-0.05, 0) is 60.5 Å². The average molecular weight is 460 g/mol. The van der Waals surface area contributed by atoms with E-state index in [2.05, 4.69) is 29.9 Å². The number of para-hydroxylation sites is 3. The molecule has 0 fully saturated rings. The van der Waals surface area contributed by atoms with E-state index in [1.807, 2.05) is 95.8 Å². The fourth-order valence-electron chi connectivity index (χ4n) is 3.79. The number of allylic oxidation sites excluding steroid dienone is 1. The highest BCUT2D eigenvalue weighted by Crippen LogP contribution is 2.29. The van der Waals surface area contributed by atoms with E-state index in [4.69, 9.17) is 9.84 Å². The van der Waals surface area contributed by atoms with Gasteiger partial charge < -0.3 is 9.72 Å². The molecule has 6 heteroatoms. The fraction of sp³-hybridized carbons (Fsp3) is 0.138. The zero-order valence-corrected chi connectivity index (χ0v) is 19.6. The van der Waals surface area contributed by atoms with Gasteiger partial charge in [0, 0.05) is 17.3 Å². The molecule has 0 atom stereocenters. The molecular formula is C29H25N5O. The molecule has 0 aliphatic heterocycles. The van der Waals surface area contributed by atoms with Crippen LogP contribution in [0.3, 0.4) is 0 Å². The molecule has 172 valence electrons. The smallest absolute Gasteiger partial charge is 0.149 e. The van der Waals surface area contributed by atoms with E-state index < -0.39 is 0 Å². The van der Waals surface area contributed by atoms with E-state index in [9.17, 15) is 5.26 Å². The largest absolute Gasteiger partial charge is 0.493 e. The third kappa shape index (κ3) is 4.85. The van der Waals surface area contributed by atoms with E-state index in [1.165, 1.54) is 0 Å². The standard InChI is InChI=1S/C29H25N5O/c1-20(2)19-35-25-14-12-21(13-15-25)28-23(18-34(33-28)24-8-4-3-5-9-24)16-22(17-30)29-31-26-10-6-7-11-27(26)32-29/h3-16,18,20H,19H2,1-2H3,(H,31,32). The summed E-state index contributed by atoms with van der Waals surface area (Å²) in [5.41, 5.74) is 5.61. The maximum atomic E-state index is 9.97. The predicted molar refractivity (Wildman–Crippen MR) is 139 cm³/mol. The Balaban J connectivity index is 1.57. The molecule has 0 saturated heterocycles. The van der Waals surface area contributed by atoms with E-state index in [0.29, 0.717) is 23.9 Å². The van der Waals surface area contributed by atoms with Crippen LogP contribution in [0.2, 0.25) is 0 Å². The van der Waals surface area contributed by atoms with Crippen molar-refractivity contribution >= 4 is 22.7 Å². The molecule has 2 aromatic heterocycles. The Morgan fingerprint density at radius 2 is 1.77 bits per heavy atom. The lowest BCUT2D eigenvalue weighted by molar-refractivity contribution is 0.271. The second-order valence-electron chi connectivity index (χ2n) is 8.71. The van der Waals surface area contributed by atoms with Crippen LogP contribution in [0.1, 0.15) is 25.2 Å². The Morgan fingerprint density at radius 1 is 1.03 bits per heavy atom. The van der Waals surface area contributed by atoms with Gasteiger partial charge in [-0.15, -0.1) is 0 Å². The van der Waals surface area contributed by atoms with Crippen molar-refractivity contribution in [3.05, 3.63) is 96.4 Å². The molecule has 6 nitrogen and oxygen atoms in total. The summed E-state index contributed by atoms with van der Waals surface area (Å²) >= 11 is 0. The number of rotatable bonds is 7. The Morgan fingerprint density at radius 3 is 2.49 bits per heavy atom. The normalized spacial score (nSPS) is 11.7. The molecule has 0 aliphatic rings. The van der Waals surface area contributed by atoms with Gasteiger partial charge in [-0.25, -0.2) is 9.67 Å². The third-order valence-corrected chi connectivity index (χ3v) is 5.54. The molecule has 3 aromatic carbocycles. The van der Waals surface area contributed by atoms with Crippen LogP contribution in [0.4, 0.5) is 0 Å². The predicted octanol–water partition coefficient (Wildman–Crippen LogP) is 6.51. The van der Waals surface area contributed by atoms with E-state index >= 15 is 0 Å². The molecule has 0 unspecified atom stereocenters. The number of nitrogens with one attached hydrogen (secondary N) is 1. The molecular weight excluding hydrogens is 434 g/mol. The number of imidazole rings is 1. The average Bonchev–Trinajstić information content (AvgIpc) is 3.51. The highest BCUT2D eigenvalue weighted by atomic mass is 16.5. The first-order valence-electron chi connectivity index (χ1n) is 11.6. The molecule has 0 amide bonds. The molecule has 0 aliphatic carbocycles. The third-order valence-electron chi connectivity index (χ3n) is 5.54. The van der Waals surface area contributed by atoms with Crippen LogP contribution in [-0.4, -0.2) is 26.4 Å². The van der Waals surface area contributed by atoms with Crippen LogP contribution in [-0.2, 0) is 0 Å². The Labute approximate surface area is 204 Å². The van der Waals surface area contributed by atoms with Gasteiger partial charge in [0.25, 0.3) is 0 Å². The molecule has 0 spiro atoms. The van der Waals surface area contributed by atoms with Gasteiger partial charge in [0.1, 0.15) is 17.6 Å². The summed E-state index contributed by atoms with van der Waals surface area (Å²) in [6.45, 7) is 4.91. The summed E-state index contributed by atoms with van der Waals surface area (Å²) in [5, 5.41) is 14.8. The highest BCUT2D eigenvalue weighted by molar-refractivity contribution is 5.92. The topological polar surface area (TPSA) is 79.5 Å². The minimum Gasteiger partial charge on any atom is -0.493 e. The second kappa shape index (κ2) is 9.70. The van der Waals surface area contributed by atoms with Crippen LogP contribution < -0.4 is 4.74 Å². The number of nitriles is 1. The van der Waals surface area contributed by atoms with Gasteiger partial charge in [-0.1, -0.05) is 44.2 Å². The van der Waals surface area contributed by atoms with Crippen LogP contribution in [0, 0.1) is 17.2 Å². The van der Waals surface area contributed by atoms with Gasteiger partial charge in [-0.3, -0.25) is 0 Å². The van der Waals surface area contributed by atoms with Crippen molar-refractivity contribution in [3.63, 3.8) is 0 Å². The molecule has 0 bridgehead atoms. The van der Waals surface area contributed by atoms with Crippen molar-refractivity contribution in [1.29, 1.82) is 5.26 Å². The Hall–Kier alpha value is -4.63. The lowest BCUT2D eigenvalue weighted by Gasteiger charge is -2.09. The summed E-state index contributed by atoms with van der Waals surface area (Å²) in [6.07, 6.45) is 3.77. The number of aromatic nitrogens is 4. The number of hydrogen-bond acceptors (Lipinski definition) is 4. The number of nitrogens with zero attached hydrogens (tertiary/aromatic N) is 4. The maximum absolute atomic E-state index is 9.97. The van der Waals surface area contributed by atoms with Crippen molar-refractivity contribution in [2.75, 3.05) is 6.61 Å². The molecule has 0 radical (unpaired) electrons. The van der Waals surface area contributed by atoms with Gasteiger partial charge in [0.2, 0.25) is 0 Å². The van der Waals surface area contributed by atoms with Gasteiger partial charge in [-0.2, -0.15) is 10.4 Å². The van der Waals surface area contributed by atoms with Crippen molar-refractivity contribution in [2.45, 2.75) is 13.8 Å². The summed E-state index contributed by atoms with van der Waals surface area (Å²) in [4.78, 5) is 7.85. The molecule has 5 aromatic rings. The quantitative estimate of drug-likeness (QED) is 0.281. The molecule has 1 N–H and O–H groups in total. The minimum atomic E-state index is 0.437. The number of benzene rings is 3. The first kappa shape index (κ1) is 22.2. The lowest BCUT2D eigenvalue weighted by atomic mass is 10.1. The number of fused-ring (bicyclic) bond motifs is 1. The second-order valence-corrected chi connectivity index (χ2v) is 8.71. The van der Waals surface area contributed by atoms with Crippen LogP contribution >= 0.6 is 0 Å². The van der Waals surface area contributed by atoms with E-state index in [-0.39, 0.29) is 0 Å². The molecule has 2 heterocycles. The van der Waals surface area contributed by atoms with Crippen molar-refractivity contribution < 1.29 is 4.74 Å². The SMILES string of the molecule is CC(C)COc1ccc(-c2nn(-c3ccccc3)cc2C=C(C#N)c2nc3ccccc3[nH]2)cc1. The molecule has 0 saturated carbocycles. The first-order valence-corrected chi connectivity index (χ1v) is 11.6. The summed E-state index contributed by atoms with van der Waals surface area (Å²) in [7, 11) is 0. The number of hydrogen-bond donors (Lipinski definition) is 1. The first-order chi connectivity index (χ1) is 17.1. The molecule has 5 rings (SSSR count). The summed E-state index contributed by atoms with van der Waals surface area (Å²) in [5.74, 6) is 1.81. The Kier molecular flexibility index (Phi) is 6.15. The van der Waals surface area contributed by atoms with E-state index in [1.54, 1.807) is 0 Å². The van der Waals surface area contributed by atoms with Crippen molar-refractivity contribution in [1.82, 2.24) is 19.7 Å². The van der Waals surface area contributed by atoms with Crippen molar-refractivity contribution in [2.24, 2.45) is 5.92 Å². The molecule has 35 heavy (non-hydrogen) atoms. The van der Waals surface area contributed by atoms with Crippen LogP contribution in [0.15, 0.2) is 85.1 Å².